The monoisotopic (exact) mass is 420 g/mol. The minimum absolute atomic E-state index is 0.448. The van der Waals surface area contributed by atoms with Gasteiger partial charge in [0.05, 0.1) is 9.26 Å². The van der Waals surface area contributed by atoms with Crippen LogP contribution in [0.25, 0.3) is 0 Å². The molecule has 5 heteroatoms. The van der Waals surface area contributed by atoms with Gasteiger partial charge in [0.1, 0.15) is 5.82 Å². The number of halogens is 1. The Morgan fingerprint density at radius 2 is 1.70 bits per heavy atom. The van der Waals surface area contributed by atoms with E-state index in [1.807, 2.05) is 6.92 Å². The average molecular weight is 420 g/mol. The van der Waals surface area contributed by atoms with Crippen LogP contribution >= 0.6 is 22.6 Å². The summed E-state index contributed by atoms with van der Waals surface area (Å²) in [5.74, 6) is 1.40. The summed E-state index contributed by atoms with van der Waals surface area (Å²) in [7, 11) is 0. The van der Waals surface area contributed by atoms with Crippen LogP contribution in [0.5, 0.6) is 0 Å². The molecule has 0 saturated carbocycles. The molecule has 23 heavy (non-hydrogen) atoms. The van der Waals surface area contributed by atoms with Crippen LogP contribution in [0, 0.1) is 15.9 Å². The van der Waals surface area contributed by atoms with Crippen LogP contribution in [-0.2, 0) is 12.8 Å². The third-order valence-corrected chi connectivity index (χ3v) is 6.72. The van der Waals surface area contributed by atoms with E-state index in [2.05, 4.69) is 61.7 Å². The maximum atomic E-state index is 6.02. The number of rotatable bonds is 1. The van der Waals surface area contributed by atoms with E-state index < -0.39 is 0 Å². The van der Waals surface area contributed by atoms with Crippen molar-refractivity contribution >= 4 is 34.4 Å². The van der Waals surface area contributed by atoms with Gasteiger partial charge >= 0.3 is 0 Å². The summed E-state index contributed by atoms with van der Waals surface area (Å²) >= 11 is 2.21. The molecule has 0 bridgehead atoms. The number of aromatic nitrogens is 2. The highest BCUT2D eigenvalue weighted by Crippen LogP contribution is 2.44. The highest BCUT2D eigenvalue weighted by molar-refractivity contribution is 14.1. The number of piperidine rings is 1. The van der Waals surface area contributed by atoms with Gasteiger partial charge in [-0.25, -0.2) is 4.98 Å². The lowest BCUT2D eigenvalue weighted by atomic mass is 9.76. The molecule has 1 aromatic heterocycles. The molecule has 1 spiro atoms. The first-order chi connectivity index (χ1) is 11.1. The molecule has 0 radical (unpaired) electrons. The first-order valence-corrected chi connectivity index (χ1v) is 9.26. The molecule has 2 heterocycles. The second-order valence-corrected chi connectivity index (χ2v) is 8.00. The Kier molecular flexibility index (Phi) is 3.70. The van der Waals surface area contributed by atoms with E-state index in [1.54, 1.807) is 11.1 Å². The zero-order valence-electron chi connectivity index (χ0n) is 13.3. The van der Waals surface area contributed by atoms with E-state index in [1.165, 1.54) is 25.7 Å². The van der Waals surface area contributed by atoms with Crippen molar-refractivity contribution in [3.63, 3.8) is 0 Å². The number of nitrogens with zero attached hydrogens (tertiary/aromatic N) is 3. The van der Waals surface area contributed by atoms with Gasteiger partial charge in [-0.05, 0) is 71.7 Å². The molecule has 2 aliphatic rings. The van der Waals surface area contributed by atoms with Gasteiger partial charge in [0.25, 0.3) is 0 Å². The summed E-state index contributed by atoms with van der Waals surface area (Å²) in [5, 5.41) is 0. The molecule has 4 rings (SSSR count). The van der Waals surface area contributed by atoms with Gasteiger partial charge in [-0.1, -0.05) is 24.3 Å². The molecule has 2 N–H and O–H groups in total. The van der Waals surface area contributed by atoms with Crippen LogP contribution < -0.4 is 10.6 Å². The molecule has 1 saturated heterocycles. The fraction of sp³-hybridized carbons (Fsp3) is 0.444. The van der Waals surface area contributed by atoms with E-state index in [4.69, 9.17) is 5.73 Å². The summed E-state index contributed by atoms with van der Waals surface area (Å²) < 4.78 is 0.964. The number of hydrogen-bond donors (Lipinski definition) is 1. The Morgan fingerprint density at radius 3 is 2.26 bits per heavy atom. The number of nitrogen functional groups attached to an aromatic ring is 1. The molecule has 2 aromatic rings. The number of anilines is 2. The smallest absolute Gasteiger partial charge is 0.227 e. The Hall–Kier alpha value is -1.37. The van der Waals surface area contributed by atoms with E-state index in [-0.39, 0.29) is 0 Å². The summed E-state index contributed by atoms with van der Waals surface area (Å²) in [6.45, 7) is 4.04. The second-order valence-electron chi connectivity index (χ2n) is 6.92. The highest BCUT2D eigenvalue weighted by Gasteiger charge is 2.40. The summed E-state index contributed by atoms with van der Waals surface area (Å²) in [6, 6.07) is 8.92. The van der Waals surface area contributed by atoms with Gasteiger partial charge in [0, 0.05) is 13.1 Å². The third kappa shape index (κ3) is 2.69. The van der Waals surface area contributed by atoms with Crippen molar-refractivity contribution in [1.82, 2.24) is 9.97 Å². The summed E-state index contributed by atoms with van der Waals surface area (Å²) in [6.07, 6.45) is 4.86. The maximum Gasteiger partial charge on any atom is 0.227 e. The summed E-state index contributed by atoms with van der Waals surface area (Å²) in [4.78, 5) is 11.4. The quantitative estimate of drug-likeness (QED) is 0.719. The predicted molar refractivity (Wildman–Crippen MR) is 102 cm³/mol. The highest BCUT2D eigenvalue weighted by atomic mass is 127. The SMILES string of the molecule is Cc1nc(N2CCC3(CC2)Cc2ccccc2C3)nc(N)c1I. The van der Waals surface area contributed by atoms with Crippen LogP contribution in [0.4, 0.5) is 11.8 Å². The Morgan fingerprint density at radius 1 is 1.09 bits per heavy atom. The van der Waals surface area contributed by atoms with Crippen molar-refractivity contribution in [2.75, 3.05) is 23.7 Å². The third-order valence-electron chi connectivity index (χ3n) is 5.39. The normalized spacial score (nSPS) is 19.1. The fourth-order valence-corrected chi connectivity index (χ4v) is 4.26. The van der Waals surface area contributed by atoms with Crippen LogP contribution in [-0.4, -0.2) is 23.1 Å². The van der Waals surface area contributed by atoms with Crippen LogP contribution in [0.15, 0.2) is 24.3 Å². The topological polar surface area (TPSA) is 55.0 Å². The Labute approximate surface area is 150 Å². The lowest BCUT2D eigenvalue weighted by Gasteiger charge is -2.39. The van der Waals surface area contributed by atoms with Gasteiger partial charge in [0.2, 0.25) is 5.95 Å². The maximum absolute atomic E-state index is 6.02. The van der Waals surface area contributed by atoms with Crippen molar-refractivity contribution in [3.05, 3.63) is 44.7 Å². The van der Waals surface area contributed by atoms with Crippen molar-refractivity contribution in [1.29, 1.82) is 0 Å². The molecular weight excluding hydrogens is 399 g/mol. The molecular formula is C18H21IN4. The number of benzene rings is 1. The van der Waals surface area contributed by atoms with Gasteiger partial charge in [-0.3, -0.25) is 0 Å². The van der Waals surface area contributed by atoms with E-state index in [9.17, 15) is 0 Å². The Balaban J connectivity index is 1.50. The number of nitrogens with two attached hydrogens (primary N) is 1. The number of hydrogen-bond acceptors (Lipinski definition) is 4. The van der Waals surface area contributed by atoms with Crippen molar-refractivity contribution in [3.8, 4) is 0 Å². The summed E-state index contributed by atoms with van der Waals surface area (Å²) in [5.41, 5.74) is 10.5. The number of aryl methyl sites for hydroxylation is 1. The van der Waals surface area contributed by atoms with Crippen molar-refractivity contribution in [2.45, 2.75) is 32.6 Å². The molecule has 1 fully saturated rings. The van der Waals surface area contributed by atoms with Crippen LogP contribution in [0.3, 0.4) is 0 Å². The molecule has 1 aliphatic carbocycles. The zero-order chi connectivity index (χ0) is 16.0. The standard InChI is InChI=1S/C18H21IN4/c1-12-15(19)16(20)22-17(21-12)23-8-6-18(7-9-23)10-13-4-2-3-5-14(13)11-18/h2-5H,6-11H2,1H3,(H2,20,21,22). The number of fused-ring (bicyclic) bond motifs is 1. The minimum atomic E-state index is 0.448. The van der Waals surface area contributed by atoms with Gasteiger partial charge in [0.15, 0.2) is 0 Å². The van der Waals surface area contributed by atoms with Crippen LogP contribution in [0.2, 0.25) is 0 Å². The molecule has 1 aliphatic heterocycles. The average Bonchev–Trinajstić information content (AvgIpc) is 2.90. The minimum Gasteiger partial charge on any atom is -0.383 e. The molecule has 0 atom stereocenters. The van der Waals surface area contributed by atoms with Gasteiger partial charge < -0.3 is 10.6 Å². The lowest BCUT2D eigenvalue weighted by Crippen LogP contribution is -2.41. The van der Waals surface area contributed by atoms with E-state index in [0.29, 0.717) is 11.2 Å². The molecule has 0 unspecified atom stereocenters. The Bertz CT molecular complexity index is 700. The molecule has 0 amide bonds. The van der Waals surface area contributed by atoms with E-state index in [0.717, 1.165) is 28.3 Å². The van der Waals surface area contributed by atoms with Crippen LogP contribution in [0.1, 0.15) is 29.7 Å². The van der Waals surface area contributed by atoms with Crippen molar-refractivity contribution < 1.29 is 0 Å². The largest absolute Gasteiger partial charge is 0.383 e. The molecule has 4 nitrogen and oxygen atoms in total. The second kappa shape index (κ2) is 5.61. The predicted octanol–water partition coefficient (Wildman–Crippen LogP) is 3.36. The zero-order valence-corrected chi connectivity index (χ0v) is 15.5. The molecule has 120 valence electrons. The van der Waals surface area contributed by atoms with Gasteiger partial charge in [-0.2, -0.15) is 4.98 Å². The van der Waals surface area contributed by atoms with E-state index >= 15 is 0 Å². The fourth-order valence-electron chi connectivity index (χ4n) is 4.02. The first-order valence-electron chi connectivity index (χ1n) is 8.18. The lowest BCUT2D eigenvalue weighted by molar-refractivity contribution is 0.231. The first kappa shape index (κ1) is 15.2. The van der Waals surface area contributed by atoms with Crippen molar-refractivity contribution in [2.24, 2.45) is 5.41 Å². The molecule has 1 aromatic carbocycles. The van der Waals surface area contributed by atoms with Gasteiger partial charge in [-0.15, -0.1) is 0 Å².